The highest BCUT2D eigenvalue weighted by Gasteiger charge is 1.94. The van der Waals surface area contributed by atoms with Gasteiger partial charge in [-0.25, -0.2) is 0 Å². The first kappa shape index (κ1) is 14.1. The summed E-state index contributed by atoms with van der Waals surface area (Å²) in [5.74, 6) is 0.836. The summed E-state index contributed by atoms with van der Waals surface area (Å²) in [7, 11) is 0. The summed E-state index contributed by atoms with van der Waals surface area (Å²) >= 11 is 5.86. The summed E-state index contributed by atoms with van der Waals surface area (Å²) in [5, 5.41) is 4.04. The zero-order valence-electron chi connectivity index (χ0n) is 10.3. The lowest BCUT2D eigenvalue weighted by Crippen LogP contribution is -2.17. The van der Waals surface area contributed by atoms with Crippen molar-refractivity contribution in [3.05, 3.63) is 41.4 Å². The van der Waals surface area contributed by atoms with Crippen LogP contribution in [0, 0.1) is 0 Å². The van der Waals surface area contributed by atoms with Crippen molar-refractivity contribution < 1.29 is 4.74 Å². The molecule has 1 aromatic carbocycles. The lowest BCUT2D eigenvalue weighted by molar-refractivity contribution is 0.309. The Morgan fingerprint density at radius 2 is 2.24 bits per heavy atom. The molecular weight excluding hydrogens is 234 g/mol. The second-order valence-electron chi connectivity index (χ2n) is 3.74. The minimum atomic E-state index is 0.713. The maximum atomic E-state index is 5.86. The Kier molecular flexibility index (Phi) is 7.52. The molecule has 0 aliphatic carbocycles. The number of benzene rings is 1. The van der Waals surface area contributed by atoms with Crippen molar-refractivity contribution in [3.63, 3.8) is 0 Å². The Hall–Kier alpha value is -0.990. The van der Waals surface area contributed by atoms with Gasteiger partial charge in [-0.2, -0.15) is 0 Å². The molecule has 0 radical (unpaired) electrons. The number of ether oxygens (including phenoxy) is 1. The topological polar surface area (TPSA) is 21.3 Å². The van der Waals surface area contributed by atoms with Crippen molar-refractivity contribution in [3.8, 4) is 5.75 Å². The van der Waals surface area contributed by atoms with Gasteiger partial charge in [-0.3, -0.25) is 0 Å². The largest absolute Gasteiger partial charge is 0.493 e. The van der Waals surface area contributed by atoms with Crippen LogP contribution >= 0.6 is 11.6 Å². The van der Waals surface area contributed by atoms with Crippen molar-refractivity contribution in [1.29, 1.82) is 0 Å². The molecule has 94 valence electrons. The third-order valence-electron chi connectivity index (χ3n) is 2.23. The Morgan fingerprint density at radius 3 is 3.00 bits per heavy atom. The second kappa shape index (κ2) is 9.08. The van der Waals surface area contributed by atoms with Gasteiger partial charge in [0.1, 0.15) is 5.75 Å². The summed E-state index contributed by atoms with van der Waals surface area (Å²) in [5.41, 5.74) is 0. The van der Waals surface area contributed by atoms with Crippen LogP contribution < -0.4 is 10.1 Å². The lowest BCUT2D eigenvalue weighted by Gasteiger charge is -2.06. The highest BCUT2D eigenvalue weighted by molar-refractivity contribution is 6.30. The van der Waals surface area contributed by atoms with E-state index < -0.39 is 0 Å². The summed E-state index contributed by atoms with van der Waals surface area (Å²) < 4.78 is 5.57. The fraction of sp³-hybridized carbons (Fsp3) is 0.429. The SMILES string of the molecule is CC/C=C\CNCCCOc1cccc(Cl)c1. The molecule has 0 bridgehead atoms. The average Bonchev–Trinajstić information content (AvgIpc) is 2.33. The van der Waals surface area contributed by atoms with E-state index in [1.807, 2.05) is 24.3 Å². The Labute approximate surface area is 109 Å². The first-order chi connectivity index (χ1) is 8.33. The molecule has 0 aliphatic rings. The molecule has 0 atom stereocenters. The molecule has 1 aromatic rings. The number of rotatable bonds is 8. The van der Waals surface area contributed by atoms with Crippen LogP contribution in [0.15, 0.2) is 36.4 Å². The van der Waals surface area contributed by atoms with Crippen LogP contribution in [0.25, 0.3) is 0 Å². The molecule has 0 fully saturated rings. The smallest absolute Gasteiger partial charge is 0.120 e. The minimum Gasteiger partial charge on any atom is -0.493 e. The molecule has 0 aliphatic heterocycles. The molecule has 0 aromatic heterocycles. The van der Waals surface area contributed by atoms with E-state index in [-0.39, 0.29) is 0 Å². The molecular formula is C14H20ClNO. The zero-order chi connectivity index (χ0) is 12.3. The molecule has 3 heteroatoms. The average molecular weight is 254 g/mol. The van der Waals surface area contributed by atoms with E-state index in [0.717, 1.165) is 31.7 Å². The van der Waals surface area contributed by atoms with Crippen LogP contribution in [0.1, 0.15) is 19.8 Å². The van der Waals surface area contributed by atoms with Crippen molar-refractivity contribution in [2.45, 2.75) is 19.8 Å². The highest BCUT2D eigenvalue weighted by atomic mass is 35.5. The van der Waals surface area contributed by atoms with Crippen molar-refractivity contribution in [2.24, 2.45) is 0 Å². The van der Waals surface area contributed by atoms with E-state index in [0.29, 0.717) is 11.6 Å². The molecule has 0 saturated carbocycles. The zero-order valence-corrected chi connectivity index (χ0v) is 11.0. The fourth-order valence-electron chi connectivity index (χ4n) is 1.38. The van der Waals surface area contributed by atoms with Gasteiger partial charge in [0.05, 0.1) is 6.61 Å². The van der Waals surface area contributed by atoms with Crippen LogP contribution in [0.4, 0.5) is 0 Å². The van der Waals surface area contributed by atoms with Gasteiger partial charge >= 0.3 is 0 Å². The molecule has 0 heterocycles. The molecule has 0 saturated heterocycles. The predicted molar refractivity (Wildman–Crippen MR) is 73.9 cm³/mol. The predicted octanol–water partition coefficient (Wildman–Crippen LogP) is 3.66. The fourth-order valence-corrected chi connectivity index (χ4v) is 1.56. The lowest BCUT2D eigenvalue weighted by atomic mass is 10.3. The van der Waals surface area contributed by atoms with Crippen LogP contribution in [0.3, 0.4) is 0 Å². The number of hydrogen-bond donors (Lipinski definition) is 1. The van der Waals surface area contributed by atoms with Gasteiger partial charge < -0.3 is 10.1 Å². The molecule has 0 unspecified atom stereocenters. The molecule has 0 amide bonds. The third-order valence-corrected chi connectivity index (χ3v) is 2.46. The number of halogens is 1. The third kappa shape index (κ3) is 7.03. The molecule has 2 nitrogen and oxygen atoms in total. The van der Waals surface area contributed by atoms with Gasteiger partial charge in [0.25, 0.3) is 0 Å². The number of hydrogen-bond acceptors (Lipinski definition) is 2. The molecule has 1 rings (SSSR count). The van der Waals surface area contributed by atoms with Gasteiger partial charge in [0.15, 0.2) is 0 Å². The maximum absolute atomic E-state index is 5.86. The van der Waals surface area contributed by atoms with Crippen molar-refractivity contribution in [1.82, 2.24) is 5.32 Å². The standard InChI is InChI=1S/C14H20ClNO/c1-2-3-4-9-16-10-6-11-17-14-8-5-7-13(15)12-14/h3-5,7-8,12,16H,2,6,9-11H2,1H3/b4-3-. The van der Waals surface area contributed by atoms with Gasteiger partial charge in [-0.05, 0) is 37.6 Å². The van der Waals surface area contributed by atoms with Crippen LogP contribution in [0.5, 0.6) is 5.75 Å². The highest BCUT2D eigenvalue weighted by Crippen LogP contribution is 2.16. The Bertz CT molecular complexity index is 339. The van der Waals surface area contributed by atoms with E-state index in [2.05, 4.69) is 24.4 Å². The van der Waals surface area contributed by atoms with Gasteiger partial charge in [0, 0.05) is 11.6 Å². The quantitative estimate of drug-likeness (QED) is 0.564. The van der Waals surface area contributed by atoms with E-state index in [1.54, 1.807) is 0 Å². The normalized spacial score (nSPS) is 10.9. The van der Waals surface area contributed by atoms with Gasteiger partial charge in [-0.1, -0.05) is 36.7 Å². The summed E-state index contributed by atoms with van der Waals surface area (Å²) in [6, 6.07) is 7.49. The first-order valence-electron chi connectivity index (χ1n) is 6.07. The second-order valence-corrected chi connectivity index (χ2v) is 4.18. The summed E-state index contributed by atoms with van der Waals surface area (Å²) in [6.07, 6.45) is 6.40. The van der Waals surface area contributed by atoms with Crippen molar-refractivity contribution >= 4 is 11.6 Å². The molecule has 17 heavy (non-hydrogen) atoms. The Morgan fingerprint density at radius 1 is 1.35 bits per heavy atom. The van der Waals surface area contributed by atoms with Gasteiger partial charge in [0.2, 0.25) is 0 Å². The van der Waals surface area contributed by atoms with E-state index in [4.69, 9.17) is 16.3 Å². The first-order valence-corrected chi connectivity index (χ1v) is 6.45. The van der Waals surface area contributed by atoms with E-state index in [1.165, 1.54) is 0 Å². The van der Waals surface area contributed by atoms with Crippen molar-refractivity contribution in [2.75, 3.05) is 19.7 Å². The monoisotopic (exact) mass is 253 g/mol. The maximum Gasteiger partial charge on any atom is 0.120 e. The van der Waals surface area contributed by atoms with Gasteiger partial charge in [-0.15, -0.1) is 0 Å². The molecule has 1 N–H and O–H groups in total. The van der Waals surface area contributed by atoms with E-state index in [9.17, 15) is 0 Å². The van der Waals surface area contributed by atoms with E-state index >= 15 is 0 Å². The molecule has 0 spiro atoms. The van der Waals surface area contributed by atoms with Crippen LogP contribution in [-0.2, 0) is 0 Å². The summed E-state index contributed by atoms with van der Waals surface area (Å²) in [6.45, 7) is 4.75. The minimum absolute atomic E-state index is 0.713. The number of nitrogens with one attached hydrogen (secondary N) is 1. The Balaban J connectivity index is 2.03. The summed E-state index contributed by atoms with van der Waals surface area (Å²) in [4.78, 5) is 0. The number of allylic oxidation sites excluding steroid dienone is 1. The van der Waals surface area contributed by atoms with Crippen LogP contribution in [0.2, 0.25) is 5.02 Å². The van der Waals surface area contributed by atoms with Crippen LogP contribution in [-0.4, -0.2) is 19.7 Å².